The SMILES string of the molecule is c1ccc(-c2nc(-c3ccc4ccccc4c3)nc(-c3ccc(-c4ccc5c(ccc6c7ccccc7ccc56)c4)c4ccccc34)n2)cc1. The van der Waals surface area contributed by atoms with E-state index < -0.39 is 0 Å². The molecule has 0 spiro atoms. The van der Waals surface area contributed by atoms with E-state index in [1.165, 1.54) is 48.8 Å². The molecular formula is C47H29N3. The predicted molar refractivity (Wildman–Crippen MR) is 209 cm³/mol. The Hall–Kier alpha value is -6.71. The van der Waals surface area contributed by atoms with Crippen molar-refractivity contribution in [2.24, 2.45) is 0 Å². The molecule has 232 valence electrons. The third-order valence-corrected chi connectivity index (χ3v) is 9.89. The van der Waals surface area contributed by atoms with E-state index in [4.69, 9.17) is 15.0 Å². The summed E-state index contributed by atoms with van der Waals surface area (Å²) in [7, 11) is 0. The van der Waals surface area contributed by atoms with Crippen LogP contribution in [0.3, 0.4) is 0 Å². The lowest BCUT2D eigenvalue weighted by atomic mass is 9.92. The molecule has 0 fully saturated rings. The predicted octanol–water partition coefficient (Wildman–Crippen LogP) is 12.3. The van der Waals surface area contributed by atoms with Gasteiger partial charge < -0.3 is 0 Å². The summed E-state index contributed by atoms with van der Waals surface area (Å²) in [5, 5.41) is 12.2. The molecule has 10 rings (SSSR count). The monoisotopic (exact) mass is 635 g/mol. The summed E-state index contributed by atoms with van der Waals surface area (Å²) >= 11 is 0. The largest absolute Gasteiger partial charge is 0.208 e. The topological polar surface area (TPSA) is 38.7 Å². The average Bonchev–Trinajstić information content (AvgIpc) is 3.20. The summed E-state index contributed by atoms with van der Waals surface area (Å²) in [5.74, 6) is 1.96. The van der Waals surface area contributed by atoms with Gasteiger partial charge in [-0.1, -0.05) is 158 Å². The fraction of sp³-hybridized carbons (Fsp3) is 0. The second-order valence-corrected chi connectivity index (χ2v) is 12.8. The highest BCUT2D eigenvalue weighted by Gasteiger charge is 2.17. The van der Waals surface area contributed by atoms with E-state index in [0.29, 0.717) is 17.5 Å². The van der Waals surface area contributed by atoms with E-state index in [9.17, 15) is 0 Å². The van der Waals surface area contributed by atoms with Crippen molar-refractivity contribution in [2.75, 3.05) is 0 Å². The van der Waals surface area contributed by atoms with E-state index in [1.54, 1.807) is 0 Å². The van der Waals surface area contributed by atoms with Gasteiger partial charge >= 0.3 is 0 Å². The van der Waals surface area contributed by atoms with Crippen molar-refractivity contribution in [3.05, 3.63) is 176 Å². The minimum Gasteiger partial charge on any atom is -0.208 e. The normalized spacial score (nSPS) is 11.6. The van der Waals surface area contributed by atoms with Crippen molar-refractivity contribution in [3.63, 3.8) is 0 Å². The zero-order chi connectivity index (χ0) is 33.0. The third kappa shape index (κ3) is 4.71. The molecule has 0 N–H and O–H groups in total. The molecule has 9 aromatic carbocycles. The van der Waals surface area contributed by atoms with Gasteiger partial charge in [-0.3, -0.25) is 0 Å². The highest BCUT2D eigenvalue weighted by molar-refractivity contribution is 6.18. The Balaban J connectivity index is 1.13. The molecule has 0 amide bonds. The van der Waals surface area contributed by atoms with Crippen molar-refractivity contribution in [1.29, 1.82) is 0 Å². The van der Waals surface area contributed by atoms with Gasteiger partial charge in [0.15, 0.2) is 17.5 Å². The van der Waals surface area contributed by atoms with Gasteiger partial charge in [0.25, 0.3) is 0 Å². The molecule has 10 aromatic rings. The van der Waals surface area contributed by atoms with Crippen LogP contribution < -0.4 is 0 Å². The van der Waals surface area contributed by atoms with Crippen LogP contribution >= 0.6 is 0 Å². The fourth-order valence-electron chi connectivity index (χ4n) is 7.41. The quantitative estimate of drug-likeness (QED) is 0.181. The van der Waals surface area contributed by atoms with Crippen molar-refractivity contribution < 1.29 is 0 Å². The van der Waals surface area contributed by atoms with Gasteiger partial charge in [0, 0.05) is 16.7 Å². The molecule has 0 unspecified atom stereocenters. The zero-order valence-electron chi connectivity index (χ0n) is 27.1. The van der Waals surface area contributed by atoms with Gasteiger partial charge in [-0.2, -0.15) is 0 Å². The van der Waals surface area contributed by atoms with Crippen LogP contribution in [0.4, 0.5) is 0 Å². The van der Waals surface area contributed by atoms with Crippen LogP contribution in [0.15, 0.2) is 176 Å². The van der Waals surface area contributed by atoms with Gasteiger partial charge in [-0.05, 0) is 83.2 Å². The maximum Gasteiger partial charge on any atom is 0.164 e. The maximum absolute atomic E-state index is 5.13. The first kappa shape index (κ1) is 28.3. The molecule has 3 heteroatoms. The third-order valence-electron chi connectivity index (χ3n) is 9.89. The number of hydrogen-bond acceptors (Lipinski definition) is 3. The Morgan fingerprint density at radius 2 is 0.740 bits per heavy atom. The molecule has 0 aliphatic rings. The first-order valence-corrected chi connectivity index (χ1v) is 16.9. The van der Waals surface area contributed by atoms with E-state index in [1.807, 2.05) is 18.2 Å². The van der Waals surface area contributed by atoms with E-state index in [0.717, 1.165) is 32.8 Å². The first-order chi connectivity index (χ1) is 24.8. The minimum atomic E-state index is 0.654. The molecule has 0 radical (unpaired) electrons. The Morgan fingerprint density at radius 1 is 0.240 bits per heavy atom. The van der Waals surface area contributed by atoms with E-state index in [2.05, 4.69) is 158 Å². The van der Waals surface area contributed by atoms with Crippen LogP contribution in [-0.4, -0.2) is 15.0 Å². The highest BCUT2D eigenvalue weighted by atomic mass is 15.0. The van der Waals surface area contributed by atoms with Crippen molar-refractivity contribution in [1.82, 2.24) is 15.0 Å². The molecular weight excluding hydrogens is 607 g/mol. The van der Waals surface area contributed by atoms with E-state index in [-0.39, 0.29) is 0 Å². The highest BCUT2D eigenvalue weighted by Crippen LogP contribution is 2.38. The second kappa shape index (κ2) is 11.5. The van der Waals surface area contributed by atoms with Crippen LogP contribution in [0.25, 0.3) is 99.2 Å². The molecule has 1 heterocycles. The Kier molecular flexibility index (Phi) is 6.49. The Bertz CT molecular complexity index is 2930. The summed E-state index contributed by atoms with van der Waals surface area (Å²) in [6, 6.07) is 62.4. The zero-order valence-corrected chi connectivity index (χ0v) is 27.1. The molecule has 0 saturated heterocycles. The minimum absolute atomic E-state index is 0.654. The number of rotatable bonds is 4. The van der Waals surface area contributed by atoms with Crippen LogP contribution in [0.1, 0.15) is 0 Å². The summed E-state index contributed by atoms with van der Waals surface area (Å²) in [4.78, 5) is 15.2. The van der Waals surface area contributed by atoms with Gasteiger partial charge in [0.05, 0.1) is 0 Å². The molecule has 0 aliphatic heterocycles. The van der Waals surface area contributed by atoms with Gasteiger partial charge in [-0.25, -0.2) is 15.0 Å². The van der Waals surface area contributed by atoms with E-state index >= 15 is 0 Å². The lowest BCUT2D eigenvalue weighted by Gasteiger charge is -2.14. The number of hydrogen-bond donors (Lipinski definition) is 0. The number of fused-ring (bicyclic) bond motifs is 7. The Labute approximate surface area is 289 Å². The Morgan fingerprint density at radius 3 is 1.54 bits per heavy atom. The maximum atomic E-state index is 5.13. The second-order valence-electron chi connectivity index (χ2n) is 12.8. The van der Waals surface area contributed by atoms with Crippen LogP contribution in [0.5, 0.6) is 0 Å². The number of benzene rings is 9. The number of nitrogens with zero attached hydrogens (tertiary/aromatic N) is 3. The van der Waals surface area contributed by atoms with Crippen molar-refractivity contribution in [3.8, 4) is 45.3 Å². The average molecular weight is 636 g/mol. The van der Waals surface area contributed by atoms with Gasteiger partial charge in [0.2, 0.25) is 0 Å². The number of aromatic nitrogens is 3. The smallest absolute Gasteiger partial charge is 0.164 e. The van der Waals surface area contributed by atoms with Crippen LogP contribution in [0.2, 0.25) is 0 Å². The first-order valence-electron chi connectivity index (χ1n) is 16.9. The van der Waals surface area contributed by atoms with Crippen LogP contribution in [-0.2, 0) is 0 Å². The van der Waals surface area contributed by atoms with Gasteiger partial charge in [-0.15, -0.1) is 0 Å². The molecule has 1 aromatic heterocycles. The summed E-state index contributed by atoms with van der Waals surface area (Å²) in [6.45, 7) is 0. The summed E-state index contributed by atoms with van der Waals surface area (Å²) in [5.41, 5.74) is 5.25. The fourth-order valence-corrected chi connectivity index (χ4v) is 7.41. The van der Waals surface area contributed by atoms with Crippen molar-refractivity contribution in [2.45, 2.75) is 0 Å². The lowest BCUT2D eigenvalue weighted by molar-refractivity contribution is 1.08. The van der Waals surface area contributed by atoms with Crippen molar-refractivity contribution >= 4 is 53.9 Å². The molecule has 0 aliphatic carbocycles. The summed E-state index contributed by atoms with van der Waals surface area (Å²) < 4.78 is 0. The molecule has 3 nitrogen and oxygen atoms in total. The molecule has 0 saturated carbocycles. The molecule has 0 bridgehead atoms. The molecule has 50 heavy (non-hydrogen) atoms. The lowest BCUT2D eigenvalue weighted by Crippen LogP contribution is -2.00. The van der Waals surface area contributed by atoms with Gasteiger partial charge in [0.1, 0.15) is 0 Å². The van der Waals surface area contributed by atoms with Crippen LogP contribution in [0, 0.1) is 0 Å². The summed E-state index contributed by atoms with van der Waals surface area (Å²) in [6.07, 6.45) is 0. The molecule has 0 atom stereocenters. The standard InChI is InChI=1S/C47H29N3/c1-2-12-32(13-3-1)45-48-46(36-19-18-30-10-4-5-14-33(30)28-36)50-47(49-45)44-27-26-39(40-16-8-9-17-41(40)44)34-21-23-38-35(29-34)22-25-42-37-15-7-6-11-31(37)20-24-43(38)42/h1-29H.